The normalized spacial score (nSPS) is 24.8. The number of carbonyl (C=O) groups is 2. The summed E-state index contributed by atoms with van der Waals surface area (Å²) < 4.78 is 19.6. The van der Waals surface area contributed by atoms with Crippen LogP contribution in [-0.2, 0) is 0 Å². The summed E-state index contributed by atoms with van der Waals surface area (Å²) in [5.41, 5.74) is 2.20. The zero-order valence-corrected chi connectivity index (χ0v) is 15.9. The molecule has 0 bridgehead atoms. The van der Waals surface area contributed by atoms with Crippen molar-refractivity contribution in [3.8, 4) is 5.75 Å². The number of alkyl halides is 1. The number of fused-ring (bicyclic) bond motifs is 1. The van der Waals surface area contributed by atoms with Crippen molar-refractivity contribution in [1.82, 2.24) is 10.6 Å². The van der Waals surface area contributed by atoms with Gasteiger partial charge in [0, 0.05) is 24.2 Å². The zero-order valence-electron chi connectivity index (χ0n) is 15.9. The molecule has 4 rings (SSSR count). The number of hydrogen-bond acceptors (Lipinski definition) is 3. The Morgan fingerprint density at radius 1 is 1.18 bits per heavy atom. The van der Waals surface area contributed by atoms with Crippen LogP contribution in [0.2, 0.25) is 0 Å². The highest BCUT2D eigenvalue weighted by atomic mass is 19.1. The van der Waals surface area contributed by atoms with Crippen molar-refractivity contribution in [3.05, 3.63) is 64.7 Å². The minimum Gasteiger partial charge on any atom is -0.486 e. The maximum Gasteiger partial charge on any atom is 0.254 e. The van der Waals surface area contributed by atoms with Gasteiger partial charge in [-0.1, -0.05) is 37.3 Å². The Balaban J connectivity index is 1.80. The summed E-state index contributed by atoms with van der Waals surface area (Å²) in [5.74, 6) is -0.146. The molecule has 0 saturated heterocycles. The molecule has 1 aliphatic carbocycles. The SMILES string of the molecule is CNC(=O)c1cc(C(=O)N[C@@H]2C[C@H]2C)cc2c1O[C@H](CF)[C@H]2c1ccccc1. The number of nitrogens with one attached hydrogen (secondary N) is 2. The van der Waals surface area contributed by atoms with Gasteiger partial charge in [-0.3, -0.25) is 9.59 Å². The van der Waals surface area contributed by atoms with E-state index >= 15 is 0 Å². The molecule has 2 N–H and O–H groups in total. The molecule has 2 aromatic rings. The standard InChI is InChI=1S/C22H23FN2O3/c1-12-8-17(12)25-21(26)14-9-15-19(13-6-4-3-5-7-13)18(11-23)28-20(15)16(10-14)22(27)24-2/h3-7,9-10,12,17-19H,8,11H2,1-2H3,(H,24,27)(H,25,26)/t12-,17-,18-,19+/m1/s1. The fourth-order valence-electron chi connectivity index (χ4n) is 3.82. The Bertz CT molecular complexity index is 915. The van der Waals surface area contributed by atoms with Crippen molar-refractivity contribution in [2.45, 2.75) is 31.4 Å². The lowest BCUT2D eigenvalue weighted by Crippen LogP contribution is -2.27. The van der Waals surface area contributed by atoms with Gasteiger partial charge in [0.2, 0.25) is 0 Å². The highest BCUT2D eigenvalue weighted by Crippen LogP contribution is 2.45. The van der Waals surface area contributed by atoms with Gasteiger partial charge >= 0.3 is 0 Å². The van der Waals surface area contributed by atoms with Gasteiger partial charge in [-0.15, -0.1) is 0 Å². The number of ether oxygens (including phenoxy) is 1. The van der Waals surface area contributed by atoms with Crippen LogP contribution in [0.4, 0.5) is 4.39 Å². The predicted molar refractivity (Wildman–Crippen MR) is 104 cm³/mol. The van der Waals surface area contributed by atoms with E-state index in [-0.39, 0.29) is 29.3 Å². The number of amides is 2. The molecular formula is C22H23FN2O3. The quantitative estimate of drug-likeness (QED) is 0.835. The summed E-state index contributed by atoms with van der Waals surface area (Å²) in [6.07, 6.45) is 0.223. The monoisotopic (exact) mass is 382 g/mol. The Labute approximate surface area is 163 Å². The third kappa shape index (κ3) is 3.23. The van der Waals surface area contributed by atoms with Crippen LogP contribution in [-0.4, -0.2) is 37.7 Å². The second kappa shape index (κ2) is 7.26. The summed E-state index contributed by atoms with van der Waals surface area (Å²) in [7, 11) is 1.52. The molecule has 1 saturated carbocycles. The zero-order chi connectivity index (χ0) is 19.8. The molecule has 5 nitrogen and oxygen atoms in total. The van der Waals surface area contributed by atoms with Crippen molar-refractivity contribution in [3.63, 3.8) is 0 Å². The average Bonchev–Trinajstić information content (AvgIpc) is 3.27. The van der Waals surface area contributed by atoms with Crippen molar-refractivity contribution in [1.29, 1.82) is 0 Å². The number of carbonyl (C=O) groups excluding carboxylic acids is 2. The fourth-order valence-corrected chi connectivity index (χ4v) is 3.82. The van der Waals surface area contributed by atoms with Gasteiger partial charge in [0.1, 0.15) is 18.5 Å². The van der Waals surface area contributed by atoms with Crippen LogP contribution in [0.1, 0.15) is 51.1 Å². The molecule has 146 valence electrons. The van der Waals surface area contributed by atoms with Crippen LogP contribution in [0.3, 0.4) is 0 Å². The van der Waals surface area contributed by atoms with Crippen molar-refractivity contribution < 1.29 is 18.7 Å². The molecule has 0 spiro atoms. The molecule has 1 heterocycles. The Hall–Kier alpha value is -2.89. The summed E-state index contributed by atoms with van der Waals surface area (Å²) in [4.78, 5) is 25.2. The van der Waals surface area contributed by atoms with Crippen LogP contribution in [0.15, 0.2) is 42.5 Å². The number of halogens is 1. The van der Waals surface area contributed by atoms with E-state index in [0.717, 1.165) is 12.0 Å². The third-order valence-electron chi connectivity index (χ3n) is 5.56. The summed E-state index contributed by atoms with van der Waals surface area (Å²) >= 11 is 0. The average molecular weight is 382 g/mol. The first-order chi connectivity index (χ1) is 13.5. The highest BCUT2D eigenvalue weighted by molar-refractivity contribution is 6.02. The Morgan fingerprint density at radius 3 is 2.50 bits per heavy atom. The second-order valence-corrected chi connectivity index (χ2v) is 7.51. The lowest BCUT2D eigenvalue weighted by atomic mass is 9.86. The summed E-state index contributed by atoms with van der Waals surface area (Å²) in [6.45, 7) is 1.39. The van der Waals surface area contributed by atoms with E-state index in [1.165, 1.54) is 13.1 Å². The fraction of sp³-hybridized carbons (Fsp3) is 0.364. The Morgan fingerprint density at radius 2 is 1.89 bits per heavy atom. The van der Waals surface area contributed by atoms with Gasteiger partial charge in [0.15, 0.2) is 0 Å². The maximum absolute atomic E-state index is 13.8. The van der Waals surface area contributed by atoms with E-state index in [9.17, 15) is 14.0 Å². The minimum atomic E-state index is -0.734. The topological polar surface area (TPSA) is 67.4 Å². The van der Waals surface area contributed by atoms with E-state index in [1.807, 2.05) is 30.3 Å². The van der Waals surface area contributed by atoms with E-state index in [2.05, 4.69) is 17.6 Å². The third-order valence-corrected chi connectivity index (χ3v) is 5.56. The van der Waals surface area contributed by atoms with Gasteiger partial charge in [0.05, 0.1) is 11.5 Å². The first kappa shape index (κ1) is 18.5. The minimum absolute atomic E-state index is 0.170. The smallest absolute Gasteiger partial charge is 0.254 e. The van der Waals surface area contributed by atoms with Gasteiger partial charge in [-0.2, -0.15) is 0 Å². The highest BCUT2D eigenvalue weighted by Gasteiger charge is 2.40. The molecule has 28 heavy (non-hydrogen) atoms. The molecule has 2 aromatic carbocycles. The van der Waals surface area contributed by atoms with E-state index in [0.29, 0.717) is 22.8 Å². The summed E-state index contributed by atoms with van der Waals surface area (Å²) in [5, 5.41) is 5.57. The molecule has 2 amide bonds. The maximum atomic E-state index is 13.8. The predicted octanol–water partition coefficient (Wildman–Crippen LogP) is 3.05. The van der Waals surface area contributed by atoms with E-state index in [1.54, 1.807) is 6.07 Å². The molecule has 1 fully saturated rings. The number of hydrogen-bond donors (Lipinski definition) is 2. The van der Waals surface area contributed by atoms with Gasteiger partial charge in [-0.05, 0) is 30.0 Å². The largest absolute Gasteiger partial charge is 0.486 e. The molecule has 2 aliphatic rings. The van der Waals surface area contributed by atoms with Crippen LogP contribution in [0.5, 0.6) is 5.75 Å². The van der Waals surface area contributed by atoms with Crippen molar-refractivity contribution >= 4 is 11.8 Å². The molecule has 1 aliphatic heterocycles. The van der Waals surface area contributed by atoms with E-state index in [4.69, 9.17) is 4.74 Å². The number of rotatable bonds is 5. The van der Waals surface area contributed by atoms with Crippen LogP contribution < -0.4 is 15.4 Å². The van der Waals surface area contributed by atoms with Crippen LogP contribution in [0.25, 0.3) is 0 Å². The molecule has 0 radical (unpaired) electrons. The van der Waals surface area contributed by atoms with Crippen LogP contribution in [0, 0.1) is 5.92 Å². The first-order valence-corrected chi connectivity index (χ1v) is 9.52. The van der Waals surface area contributed by atoms with Crippen molar-refractivity contribution in [2.75, 3.05) is 13.7 Å². The van der Waals surface area contributed by atoms with Gasteiger partial charge < -0.3 is 15.4 Å². The first-order valence-electron chi connectivity index (χ1n) is 9.52. The van der Waals surface area contributed by atoms with Crippen LogP contribution >= 0.6 is 0 Å². The molecule has 4 atom stereocenters. The second-order valence-electron chi connectivity index (χ2n) is 7.51. The molecular weight excluding hydrogens is 359 g/mol. The molecule has 0 aromatic heterocycles. The lowest BCUT2D eigenvalue weighted by molar-refractivity contribution is 0.0949. The van der Waals surface area contributed by atoms with Gasteiger partial charge in [0.25, 0.3) is 11.8 Å². The molecule has 6 heteroatoms. The van der Waals surface area contributed by atoms with Crippen molar-refractivity contribution in [2.24, 2.45) is 5.92 Å². The van der Waals surface area contributed by atoms with E-state index < -0.39 is 12.8 Å². The number of benzene rings is 2. The lowest BCUT2D eigenvalue weighted by Gasteiger charge is -2.16. The summed E-state index contributed by atoms with van der Waals surface area (Å²) in [6, 6.07) is 12.9. The molecule has 0 unspecified atom stereocenters. The Kier molecular flexibility index (Phi) is 4.79. The van der Waals surface area contributed by atoms with Gasteiger partial charge in [-0.25, -0.2) is 4.39 Å².